The van der Waals surface area contributed by atoms with Gasteiger partial charge in [-0.05, 0) is 49.4 Å². The largest absolute Gasteiger partial charge is 0.416 e. The molecule has 12 heteroatoms. The Balaban J connectivity index is 1.75. The molecule has 5 nitrogen and oxygen atoms in total. The number of aromatic nitrogens is 2. The maximum atomic E-state index is 12.9. The van der Waals surface area contributed by atoms with Gasteiger partial charge in [0.05, 0.1) is 27.3 Å². The molecule has 174 valence electrons. The number of aliphatic hydroxyl groups is 1. The Hall–Kier alpha value is -3.12. The normalized spacial score (nSPS) is 13.6. The van der Waals surface area contributed by atoms with Crippen LogP contribution in [-0.2, 0) is 6.18 Å². The molecule has 0 aliphatic heterocycles. The number of halogens is 6. The fraction of sp³-hybridized carbons (Fsp3) is 0.238. The van der Waals surface area contributed by atoms with Gasteiger partial charge in [0.2, 0.25) is 0 Å². The fourth-order valence-electron chi connectivity index (χ4n) is 3.38. The number of aryl methyl sites for hydroxylation is 1. The van der Waals surface area contributed by atoms with Crippen LogP contribution in [0.5, 0.6) is 0 Å². The molecule has 0 aliphatic carbocycles. The lowest BCUT2D eigenvalue weighted by Crippen LogP contribution is -2.40. The first-order chi connectivity index (χ1) is 15.4. The third-order valence-corrected chi connectivity index (χ3v) is 5.95. The highest BCUT2D eigenvalue weighted by Crippen LogP contribution is 2.37. The number of hydrogen-bond acceptors (Lipinski definition) is 4. The lowest BCUT2D eigenvalue weighted by molar-refractivity contribution is -0.201. The number of aliphatic hydroxyl groups excluding tert-OH is 1. The summed E-state index contributed by atoms with van der Waals surface area (Å²) in [6.07, 6.45) is -12.0. The molecule has 0 unspecified atom stereocenters. The summed E-state index contributed by atoms with van der Waals surface area (Å²) in [5.41, 5.74) is 0.745. The predicted octanol–water partition coefficient (Wildman–Crippen LogP) is 5.22. The summed E-state index contributed by atoms with van der Waals surface area (Å²) in [4.78, 5) is 16.8. The summed E-state index contributed by atoms with van der Waals surface area (Å²) in [6.45, 7) is 0.755. The van der Waals surface area contributed by atoms with Gasteiger partial charge in [-0.1, -0.05) is 0 Å². The third kappa shape index (κ3) is 4.40. The number of carbonyl (C=O) groups excluding carboxylic acids is 1. The molecule has 0 saturated carbocycles. The number of carbonyl (C=O) groups is 1. The summed E-state index contributed by atoms with van der Waals surface area (Å²) in [5, 5.41) is 12.4. The van der Waals surface area contributed by atoms with E-state index in [0.29, 0.717) is 31.9 Å². The minimum atomic E-state index is -4.86. The van der Waals surface area contributed by atoms with E-state index in [1.54, 1.807) is 17.6 Å². The summed E-state index contributed by atoms with van der Waals surface area (Å²) >= 11 is 1.31. The minimum absolute atomic E-state index is 0.0643. The molecule has 2 aromatic heterocycles. The second kappa shape index (κ2) is 8.03. The number of nitrogens with zero attached hydrogens (tertiary/aromatic N) is 2. The average molecular weight is 487 g/mol. The zero-order valence-corrected chi connectivity index (χ0v) is 17.6. The Kier molecular flexibility index (Phi) is 5.61. The molecule has 2 aromatic carbocycles. The van der Waals surface area contributed by atoms with Crippen molar-refractivity contribution in [2.24, 2.45) is 0 Å². The van der Waals surface area contributed by atoms with E-state index in [9.17, 15) is 31.1 Å². The van der Waals surface area contributed by atoms with E-state index in [-0.39, 0.29) is 5.56 Å². The molecule has 1 amide bonds. The third-order valence-electron chi connectivity index (χ3n) is 4.96. The molecule has 4 rings (SSSR count). The van der Waals surface area contributed by atoms with Crippen molar-refractivity contribution in [3.05, 3.63) is 58.6 Å². The van der Waals surface area contributed by atoms with Gasteiger partial charge in [0.15, 0.2) is 11.8 Å². The standard InChI is InChI=1S/C21H15F6N3O2S/c1-10-29-18-17(33-10)14-8-11(19(32)28-9-16(31)21(25,26)27)2-7-15(14)30(18)13-5-3-12(4-6-13)20(22,23)24/h2-8,16,31H,9H2,1H3,(H,28,32)/t16-/m1/s1. The number of amides is 1. The van der Waals surface area contributed by atoms with E-state index < -0.39 is 36.5 Å². The summed E-state index contributed by atoms with van der Waals surface area (Å²) < 4.78 is 78.5. The summed E-state index contributed by atoms with van der Waals surface area (Å²) in [5.74, 6) is -0.808. The number of rotatable bonds is 4. The Labute approximate surface area is 186 Å². The first-order valence-corrected chi connectivity index (χ1v) is 10.3. The molecule has 0 radical (unpaired) electrons. The lowest BCUT2D eigenvalue weighted by Gasteiger charge is -2.15. The molecule has 0 bridgehead atoms. The van der Waals surface area contributed by atoms with Crippen LogP contribution in [0.4, 0.5) is 26.3 Å². The number of fused-ring (bicyclic) bond motifs is 3. The van der Waals surface area contributed by atoms with Gasteiger partial charge in [0.25, 0.3) is 5.91 Å². The molecule has 33 heavy (non-hydrogen) atoms. The summed E-state index contributed by atoms with van der Waals surface area (Å²) in [6, 6.07) is 8.96. The smallest absolute Gasteiger partial charge is 0.382 e. The fourth-order valence-corrected chi connectivity index (χ4v) is 4.31. The molecule has 1 atom stereocenters. The van der Waals surface area contributed by atoms with Gasteiger partial charge in [-0.25, -0.2) is 4.98 Å². The van der Waals surface area contributed by atoms with Gasteiger partial charge in [-0.3, -0.25) is 9.36 Å². The SMILES string of the molecule is Cc1nc2c(s1)c1cc(C(=O)NC[C@@H](O)C(F)(F)F)ccc1n2-c1ccc(C(F)(F)F)cc1. The van der Waals surface area contributed by atoms with Crippen LogP contribution in [0.15, 0.2) is 42.5 Å². The van der Waals surface area contributed by atoms with Crippen molar-refractivity contribution in [1.82, 2.24) is 14.9 Å². The van der Waals surface area contributed by atoms with Gasteiger partial charge in [0.1, 0.15) is 0 Å². The molecule has 0 saturated heterocycles. The average Bonchev–Trinajstić information content (AvgIpc) is 3.24. The van der Waals surface area contributed by atoms with Crippen LogP contribution < -0.4 is 5.32 Å². The van der Waals surface area contributed by atoms with Crippen LogP contribution in [0.25, 0.3) is 26.9 Å². The summed E-state index contributed by atoms with van der Waals surface area (Å²) in [7, 11) is 0. The van der Waals surface area contributed by atoms with Crippen molar-refractivity contribution in [2.45, 2.75) is 25.4 Å². The van der Waals surface area contributed by atoms with Gasteiger partial charge >= 0.3 is 12.4 Å². The Morgan fingerprint density at radius 2 is 1.79 bits per heavy atom. The zero-order chi connectivity index (χ0) is 24.1. The van der Waals surface area contributed by atoms with Gasteiger partial charge in [-0.2, -0.15) is 26.3 Å². The highest BCUT2D eigenvalue weighted by molar-refractivity contribution is 7.19. The number of hydrogen-bond donors (Lipinski definition) is 2. The van der Waals surface area contributed by atoms with Crippen LogP contribution in [0.2, 0.25) is 0 Å². The number of thiazole rings is 1. The highest BCUT2D eigenvalue weighted by Gasteiger charge is 2.38. The second-order valence-corrected chi connectivity index (χ2v) is 8.47. The topological polar surface area (TPSA) is 67.2 Å². The lowest BCUT2D eigenvalue weighted by atomic mass is 10.1. The molecule has 0 aliphatic rings. The quantitative estimate of drug-likeness (QED) is 0.388. The highest BCUT2D eigenvalue weighted by atomic mass is 32.1. The molecule has 4 aromatic rings. The second-order valence-electron chi connectivity index (χ2n) is 7.27. The Morgan fingerprint density at radius 1 is 1.12 bits per heavy atom. The first-order valence-electron chi connectivity index (χ1n) is 9.48. The minimum Gasteiger partial charge on any atom is -0.382 e. The van der Waals surface area contributed by atoms with Gasteiger partial charge in [-0.15, -0.1) is 11.3 Å². The van der Waals surface area contributed by atoms with E-state index in [0.717, 1.165) is 12.1 Å². The molecular weight excluding hydrogens is 472 g/mol. The molecule has 0 fully saturated rings. The van der Waals surface area contributed by atoms with Gasteiger partial charge in [0, 0.05) is 16.6 Å². The molecule has 2 N–H and O–H groups in total. The van der Waals surface area contributed by atoms with E-state index in [1.807, 2.05) is 5.32 Å². The molecule has 2 heterocycles. The zero-order valence-electron chi connectivity index (χ0n) is 16.8. The number of alkyl halides is 6. The maximum absolute atomic E-state index is 12.9. The molecule has 0 spiro atoms. The van der Waals surface area contributed by atoms with Crippen molar-refractivity contribution in [2.75, 3.05) is 6.54 Å². The van der Waals surface area contributed by atoms with Gasteiger partial charge < -0.3 is 10.4 Å². The Morgan fingerprint density at radius 3 is 2.39 bits per heavy atom. The van der Waals surface area contributed by atoms with Crippen molar-refractivity contribution in [3.8, 4) is 5.69 Å². The van der Waals surface area contributed by atoms with Crippen molar-refractivity contribution in [1.29, 1.82) is 0 Å². The first kappa shape index (κ1) is 23.1. The van der Waals surface area contributed by atoms with E-state index >= 15 is 0 Å². The van der Waals surface area contributed by atoms with Crippen molar-refractivity contribution in [3.63, 3.8) is 0 Å². The van der Waals surface area contributed by atoms with Crippen LogP contribution in [0.3, 0.4) is 0 Å². The number of benzene rings is 2. The monoisotopic (exact) mass is 487 g/mol. The maximum Gasteiger partial charge on any atom is 0.416 e. The van der Waals surface area contributed by atoms with Crippen LogP contribution in [-0.4, -0.2) is 39.4 Å². The van der Waals surface area contributed by atoms with Crippen LogP contribution >= 0.6 is 11.3 Å². The van der Waals surface area contributed by atoms with E-state index in [1.165, 1.54) is 35.6 Å². The van der Waals surface area contributed by atoms with E-state index in [2.05, 4.69) is 4.98 Å². The van der Waals surface area contributed by atoms with Crippen molar-refractivity contribution < 1.29 is 36.2 Å². The van der Waals surface area contributed by atoms with Crippen LogP contribution in [0.1, 0.15) is 20.9 Å². The van der Waals surface area contributed by atoms with Crippen LogP contribution in [0, 0.1) is 6.92 Å². The number of nitrogens with one attached hydrogen (secondary N) is 1. The van der Waals surface area contributed by atoms with E-state index in [4.69, 9.17) is 5.11 Å². The predicted molar refractivity (Wildman–Crippen MR) is 111 cm³/mol. The Bertz CT molecular complexity index is 1340. The molecular formula is C21H15F6N3O2S. The van der Waals surface area contributed by atoms with Crippen molar-refractivity contribution >= 4 is 38.5 Å².